The molecule has 27 heavy (non-hydrogen) atoms. The molecule has 0 radical (unpaired) electrons. The van der Waals surface area contributed by atoms with Gasteiger partial charge in [0.15, 0.2) is 6.61 Å². The number of nitrogens with one attached hydrogen (secondary N) is 1. The Morgan fingerprint density at radius 1 is 1.30 bits per heavy atom. The molecular formula is C17H10ClF3N2O4. The van der Waals surface area contributed by atoms with Crippen LogP contribution >= 0.6 is 11.6 Å². The normalized spacial score (nSPS) is 11.6. The molecule has 0 saturated carbocycles. The van der Waals surface area contributed by atoms with E-state index in [-0.39, 0.29) is 10.8 Å². The van der Waals surface area contributed by atoms with Gasteiger partial charge in [0.2, 0.25) is 0 Å². The van der Waals surface area contributed by atoms with Crippen molar-refractivity contribution in [1.29, 1.82) is 5.26 Å². The number of rotatable bonds is 5. The van der Waals surface area contributed by atoms with Crippen LogP contribution in [-0.4, -0.2) is 18.5 Å². The summed E-state index contributed by atoms with van der Waals surface area (Å²) in [6.45, 7) is -0.918. The van der Waals surface area contributed by atoms with Gasteiger partial charge in [0.1, 0.15) is 17.4 Å². The predicted molar refractivity (Wildman–Crippen MR) is 88.3 cm³/mol. The van der Waals surface area contributed by atoms with Crippen LogP contribution in [0.2, 0.25) is 5.02 Å². The molecule has 0 saturated heterocycles. The maximum Gasteiger partial charge on any atom is 0.418 e. The summed E-state index contributed by atoms with van der Waals surface area (Å²) in [5.41, 5.74) is -2.25. The van der Waals surface area contributed by atoms with Crippen molar-refractivity contribution in [3.63, 3.8) is 0 Å². The largest absolute Gasteiger partial charge is 0.465 e. The van der Waals surface area contributed by atoms with Crippen LogP contribution in [0.3, 0.4) is 0 Å². The van der Waals surface area contributed by atoms with Crippen LogP contribution in [0, 0.1) is 11.3 Å². The standard InChI is InChI=1S/C17H10ClF3N2O4/c18-13-5-1-4-12(17(19,20)21)15(13)23-14(24)9-27-16(25)10(8-22)7-11-3-2-6-26-11/h1-7H,9H2,(H,23,24)/b10-7+. The lowest BCUT2D eigenvalue weighted by Gasteiger charge is -2.15. The van der Waals surface area contributed by atoms with Gasteiger partial charge in [0.05, 0.1) is 22.5 Å². The molecule has 0 bridgehead atoms. The number of para-hydroxylation sites is 1. The third kappa shape index (κ3) is 5.36. The van der Waals surface area contributed by atoms with Gasteiger partial charge in [-0.15, -0.1) is 0 Å². The minimum atomic E-state index is -4.75. The molecule has 1 heterocycles. The third-order valence-corrected chi connectivity index (χ3v) is 3.40. The minimum Gasteiger partial charge on any atom is -0.465 e. The summed E-state index contributed by atoms with van der Waals surface area (Å²) < 4.78 is 48.5. The van der Waals surface area contributed by atoms with Gasteiger partial charge in [-0.05, 0) is 24.3 Å². The molecule has 1 N–H and O–H groups in total. The molecule has 10 heteroatoms. The van der Waals surface area contributed by atoms with Crippen LogP contribution < -0.4 is 5.32 Å². The lowest BCUT2D eigenvalue weighted by molar-refractivity contribution is -0.143. The van der Waals surface area contributed by atoms with Crippen molar-refractivity contribution in [3.05, 3.63) is 58.5 Å². The lowest BCUT2D eigenvalue weighted by Crippen LogP contribution is -2.23. The Morgan fingerprint density at radius 2 is 2.04 bits per heavy atom. The maximum absolute atomic E-state index is 13.0. The molecule has 1 amide bonds. The van der Waals surface area contributed by atoms with Crippen LogP contribution in [0.15, 0.2) is 46.6 Å². The van der Waals surface area contributed by atoms with E-state index in [1.54, 1.807) is 6.07 Å². The summed E-state index contributed by atoms with van der Waals surface area (Å²) in [6, 6.07) is 7.58. The number of benzene rings is 1. The first-order valence-electron chi connectivity index (χ1n) is 7.20. The first kappa shape index (κ1) is 20.1. The average Bonchev–Trinajstić information content (AvgIpc) is 3.11. The van der Waals surface area contributed by atoms with E-state index in [0.717, 1.165) is 24.3 Å². The number of nitrogens with zero attached hydrogens (tertiary/aromatic N) is 1. The van der Waals surface area contributed by atoms with Gasteiger partial charge in [-0.2, -0.15) is 18.4 Å². The van der Waals surface area contributed by atoms with Crippen LogP contribution in [0.1, 0.15) is 11.3 Å². The predicted octanol–water partition coefficient (Wildman–Crippen LogP) is 4.04. The van der Waals surface area contributed by atoms with Crippen molar-refractivity contribution in [2.45, 2.75) is 6.18 Å². The Morgan fingerprint density at radius 3 is 2.63 bits per heavy atom. The number of ether oxygens (including phenoxy) is 1. The first-order chi connectivity index (χ1) is 12.7. The van der Waals surface area contributed by atoms with Crippen LogP contribution in [0.4, 0.5) is 18.9 Å². The molecule has 0 aliphatic rings. The second-order valence-electron chi connectivity index (χ2n) is 4.97. The number of hydrogen-bond donors (Lipinski definition) is 1. The van der Waals surface area contributed by atoms with Gasteiger partial charge in [-0.1, -0.05) is 17.7 Å². The number of nitriles is 1. The fourth-order valence-corrected chi connectivity index (χ4v) is 2.15. The van der Waals surface area contributed by atoms with E-state index in [0.29, 0.717) is 0 Å². The summed E-state index contributed by atoms with van der Waals surface area (Å²) in [4.78, 5) is 23.7. The van der Waals surface area contributed by atoms with Gasteiger partial charge in [0.25, 0.3) is 5.91 Å². The van der Waals surface area contributed by atoms with Crippen molar-refractivity contribution in [2.24, 2.45) is 0 Å². The Bertz CT molecular complexity index is 915. The van der Waals surface area contributed by atoms with Crippen LogP contribution in [0.25, 0.3) is 6.08 Å². The van der Waals surface area contributed by atoms with E-state index in [1.165, 1.54) is 18.4 Å². The molecule has 1 aromatic carbocycles. The molecule has 140 valence electrons. The minimum absolute atomic E-state index is 0.207. The third-order valence-electron chi connectivity index (χ3n) is 3.09. The molecule has 0 spiro atoms. The summed E-state index contributed by atoms with van der Waals surface area (Å²) in [5.74, 6) is -1.99. The smallest absolute Gasteiger partial charge is 0.418 e. The van der Waals surface area contributed by atoms with E-state index in [9.17, 15) is 22.8 Å². The second kappa shape index (κ2) is 8.42. The Balaban J connectivity index is 2.05. The van der Waals surface area contributed by atoms with Crippen LogP contribution in [-0.2, 0) is 20.5 Å². The highest BCUT2D eigenvalue weighted by molar-refractivity contribution is 6.34. The molecule has 2 rings (SSSR count). The summed E-state index contributed by atoms with van der Waals surface area (Å²) in [7, 11) is 0. The first-order valence-corrected chi connectivity index (χ1v) is 7.58. The Hall–Kier alpha value is -3.25. The second-order valence-corrected chi connectivity index (χ2v) is 5.38. The van der Waals surface area contributed by atoms with Crippen molar-refractivity contribution in [1.82, 2.24) is 0 Å². The molecule has 6 nitrogen and oxygen atoms in total. The highest BCUT2D eigenvalue weighted by atomic mass is 35.5. The number of carbonyl (C=O) groups is 2. The van der Waals surface area contributed by atoms with Crippen LogP contribution in [0.5, 0.6) is 0 Å². The van der Waals surface area contributed by atoms with Crippen molar-refractivity contribution in [3.8, 4) is 6.07 Å². The van der Waals surface area contributed by atoms with Gasteiger partial charge >= 0.3 is 12.1 Å². The molecule has 0 aliphatic carbocycles. The Labute approximate surface area is 155 Å². The monoisotopic (exact) mass is 398 g/mol. The zero-order chi connectivity index (χ0) is 20.0. The zero-order valence-corrected chi connectivity index (χ0v) is 14.1. The Kier molecular flexibility index (Phi) is 6.26. The van der Waals surface area contributed by atoms with Gasteiger partial charge < -0.3 is 14.5 Å². The molecule has 0 unspecified atom stereocenters. The number of anilines is 1. The van der Waals surface area contributed by atoms with Gasteiger partial charge in [0, 0.05) is 6.08 Å². The lowest BCUT2D eigenvalue weighted by atomic mass is 10.1. The molecular weight excluding hydrogens is 389 g/mol. The van der Waals surface area contributed by atoms with Gasteiger partial charge in [-0.25, -0.2) is 4.79 Å². The zero-order valence-electron chi connectivity index (χ0n) is 13.3. The van der Waals surface area contributed by atoms with E-state index < -0.39 is 41.5 Å². The molecule has 0 fully saturated rings. The number of hydrogen-bond acceptors (Lipinski definition) is 5. The molecule has 2 aromatic rings. The highest BCUT2D eigenvalue weighted by Gasteiger charge is 2.34. The van der Waals surface area contributed by atoms with Crippen molar-refractivity contribution < 1.29 is 31.9 Å². The summed E-state index contributed by atoms with van der Waals surface area (Å²) in [6.07, 6.45) is -2.33. The highest BCUT2D eigenvalue weighted by Crippen LogP contribution is 2.38. The van der Waals surface area contributed by atoms with E-state index >= 15 is 0 Å². The number of alkyl halides is 3. The fraction of sp³-hybridized carbons (Fsp3) is 0.118. The molecule has 0 aliphatic heterocycles. The summed E-state index contributed by atoms with van der Waals surface area (Å²) >= 11 is 5.71. The SMILES string of the molecule is N#C/C(=C\c1ccco1)C(=O)OCC(=O)Nc1c(Cl)cccc1C(F)(F)F. The summed E-state index contributed by atoms with van der Waals surface area (Å²) in [5, 5.41) is 10.6. The number of esters is 1. The average molecular weight is 399 g/mol. The topological polar surface area (TPSA) is 92.3 Å². The number of halogens is 4. The van der Waals surface area contributed by atoms with E-state index in [2.05, 4.69) is 4.74 Å². The maximum atomic E-state index is 13.0. The van der Waals surface area contributed by atoms with Crippen molar-refractivity contribution in [2.75, 3.05) is 11.9 Å². The van der Waals surface area contributed by atoms with E-state index in [1.807, 2.05) is 5.32 Å². The number of amides is 1. The fourth-order valence-electron chi connectivity index (χ4n) is 1.92. The van der Waals surface area contributed by atoms with Gasteiger partial charge in [-0.3, -0.25) is 4.79 Å². The quantitative estimate of drug-likeness (QED) is 0.466. The molecule has 0 atom stereocenters. The molecule has 1 aromatic heterocycles. The number of carbonyl (C=O) groups excluding carboxylic acids is 2. The number of furan rings is 1. The van der Waals surface area contributed by atoms with Crippen molar-refractivity contribution >= 4 is 35.2 Å². The van der Waals surface area contributed by atoms with E-state index in [4.69, 9.17) is 21.3 Å².